The molecule has 2 N–H and O–H groups in total. The standard InChI is InChI=1S/C11H10N4O2/c1-7-6-10(12)14-11(13-7)8-4-2-3-5-9(8)15(16)17/h2-6H,1H3,(H2,12,13,14). The fourth-order valence-electron chi connectivity index (χ4n) is 1.54. The third kappa shape index (κ3) is 2.20. The normalized spacial score (nSPS) is 10.2. The van der Waals surface area contributed by atoms with Crippen molar-refractivity contribution in [3.63, 3.8) is 0 Å². The molecule has 86 valence electrons. The molecule has 2 aromatic rings. The number of nitrogens with two attached hydrogens (primary N) is 1. The zero-order valence-corrected chi connectivity index (χ0v) is 9.12. The molecule has 0 aliphatic rings. The SMILES string of the molecule is Cc1cc(N)nc(-c2ccccc2[N+](=O)[O-])n1. The van der Waals surface area contributed by atoms with Crippen molar-refractivity contribution in [1.82, 2.24) is 9.97 Å². The molecular formula is C11H10N4O2. The Kier molecular flexibility index (Phi) is 2.70. The Bertz CT molecular complexity index is 563. The van der Waals surface area contributed by atoms with Gasteiger partial charge in [0.15, 0.2) is 5.82 Å². The smallest absolute Gasteiger partial charge is 0.280 e. The van der Waals surface area contributed by atoms with Crippen molar-refractivity contribution in [3.05, 3.63) is 46.1 Å². The predicted molar refractivity (Wildman–Crippen MR) is 63.3 cm³/mol. The molecule has 1 heterocycles. The van der Waals surface area contributed by atoms with Crippen LogP contribution in [0.3, 0.4) is 0 Å². The third-order valence-electron chi connectivity index (χ3n) is 2.22. The molecule has 0 aliphatic heterocycles. The summed E-state index contributed by atoms with van der Waals surface area (Å²) < 4.78 is 0. The van der Waals surface area contributed by atoms with Crippen LogP contribution >= 0.6 is 0 Å². The maximum Gasteiger partial charge on any atom is 0.280 e. The Labute approximate surface area is 97.3 Å². The number of nitrogens with zero attached hydrogens (tertiary/aromatic N) is 3. The lowest BCUT2D eigenvalue weighted by Crippen LogP contribution is -2.00. The van der Waals surface area contributed by atoms with Gasteiger partial charge in [-0.3, -0.25) is 10.1 Å². The van der Waals surface area contributed by atoms with Crippen molar-refractivity contribution in [1.29, 1.82) is 0 Å². The molecule has 17 heavy (non-hydrogen) atoms. The lowest BCUT2D eigenvalue weighted by Gasteiger charge is -2.03. The predicted octanol–water partition coefficient (Wildman–Crippen LogP) is 1.94. The molecule has 1 aromatic heterocycles. The van der Waals surface area contributed by atoms with E-state index in [1.807, 2.05) is 0 Å². The van der Waals surface area contributed by atoms with E-state index >= 15 is 0 Å². The van der Waals surface area contributed by atoms with Gasteiger partial charge in [-0.15, -0.1) is 0 Å². The van der Waals surface area contributed by atoms with Crippen LogP contribution in [-0.2, 0) is 0 Å². The summed E-state index contributed by atoms with van der Waals surface area (Å²) in [5.74, 6) is 0.570. The molecule has 6 heteroatoms. The number of hydrogen-bond donors (Lipinski definition) is 1. The first-order chi connectivity index (χ1) is 8.08. The number of nitrogen functional groups attached to an aromatic ring is 1. The fraction of sp³-hybridized carbons (Fsp3) is 0.0909. The molecule has 0 saturated heterocycles. The topological polar surface area (TPSA) is 94.9 Å². The van der Waals surface area contributed by atoms with Crippen LogP contribution in [0.15, 0.2) is 30.3 Å². The summed E-state index contributed by atoms with van der Waals surface area (Å²) in [5, 5.41) is 10.9. The minimum absolute atomic E-state index is 0.0301. The summed E-state index contributed by atoms with van der Waals surface area (Å²) in [7, 11) is 0. The number of nitro benzene ring substituents is 1. The minimum Gasteiger partial charge on any atom is -0.384 e. The van der Waals surface area contributed by atoms with Crippen molar-refractivity contribution < 1.29 is 4.92 Å². The number of aromatic nitrogens is 2. The Morgan fingerprint density at radius 1 is 1.29 bits per heavy atom. The molecule has 0 saturated carbocycles. The average Bonchev–Trinajstić information content (AvgIpc) is 2.27. The van der Waals surface area contributed by atoms with Crippen molar-refractivity contribution in [2.75, 3.05) is 5.73 Å². The molecule has 0 spiro atoms. The van der Waals surface area contributed by atoms with Crippen LogP contribution in [0.25, 0.3) is 11.4 Å². The van der Waals surface area contributed by atoms with Gasteiger partial charge in [-0.05, 0) is 13.0 Å². The van der Waals surface area contributed by atoms with Crippen molar-refractivity contribution in [2.45, 2.75) is 6.92 Å². The first-order valence-electron chi connectivity index (χ1n) is 4.93. The second-order valence-electron chi connectivity index (χ2n) is 3.53. The van der Waals surface area contributed by atoms with Crippen molar-refractivity contribution >= 4 is 11.5 Å². The summed E-state index contributed by atoms with van der Waals surface area (Å²) in [4.78, 5) is 18.6. The van der Waals surface area contributed by atoms with Crippen molar-refractivity contribution in [3.8, 4) is 11.4 Å². The van der Waals surface area contributed by atoms with E-state index in [9.17, 15) is 10.1 Å². The van der Waals surface area contributed by atoms with Crippen LogP contribution in [0.4, 0.5) is 11.5 Å². The van der Waals surface area contributed by atoms with E-state index < -0.39 is 4.92 Å². The van der Waals surface area contributed by atoms with E-state index in [4.69, 9.17) is 5.73 Å². The van der Waals surface area contributed by atoms with Crippen molar-refractivity contribution in [2.24, 2.45) is 0 Å². The average molecular weight is 230 g/mol. The Balaban J connectivity index is 2.64. The first-order valence-corrected chi connectivity index (χ1v) is 4.93. The van der Waals surface area contributed by atoms with E-state index in [2.05, 4.69) is 9.97 Å². The highest BCUT2D eigenvalue weighted by Gasteiger charge is 2.16. The number of para-hydroxylation sites is 1. The lowest BCUT2D eigenvalue weighted by atomic mass is 10.1. The van der Waals surface area contributed by atoms with Gasteiger partial charge >= 0.3 is 0 Å². The summed E-state index contributed by atoms with van der Waals surface area (Å²) in [6.07, 6.45) is 0. The molecule has 2 rings (SSSR count). The fourth-order valence-corrected chi connectivity index (χ4v) is 1.54. The number of nitro groups is 1. The number of anilines is 1. The number of benzene rings is 1. The van der Waals surface area contributed by atoms with E-state index in [0.29, 0.717) is 17.1 Å². The van der Waals surface area contributed by atoms with Gasteiger partial charge in [-0.25, -0.2) is 9.97 Å². The first kappa shape index (κ1) is 11.0. The summed E-state index contributed by atoms with van der Waals surface area (Å²) in [5.41, 5.74) is 6.61. The van der Waals surface area contributed by atoms with E-state index in [-0.39, 0.29) is 11.5 Å². The van der Waals surface area contributed by atoms with Crippen LogP contribution in [0.2, 0.25) is 0 Å². The molecule has 0 atom stereocenters. The summed E-state index contributed by atoms with van der Waals surface area (Å²) in [6, 6.07) is 7.92. The van der Waals surface area contributed by atoms with Gasteiger partial charge in [-0.1, -0.05) is 12.1 Å². The minimum atomic E-state index is -0.461. The monoisotopic (exact) mass is 230 g/mol. The largest absolute Gasteiger partial charge is 0.384 e. The van der Waals surface area contributed by atoms with Crippen LogP contribution in [0.1, 0.15) is 5.69 Å². The van der Waals surface area contributed by atoms with Crippen LogP contribution < -0.4 is 5.73 Å². The van der Waals surface area contributed by atoms with Crippen LogP contribution in [0, 0.1) is 17.0 Å². The molecule has 0 radical (unpaired) electrons. The van der Waals surface area contributed by atoms with Gasteiger partial charge in [-0.2, -0.15) is 0 Å². The summed E-state index contributed by atoms with van der Waals surface area (Å²) in [6.45, 7) is 1.76. The molecule has 0 fully saturated rings. The van der Waals surface area contributed by atoms with Gasteiger partial charge in [0, 0.05) is 17.8 Å². The zero-order chi connectivity index (χ0) is 12.4. The highest BCUT2D eigenvalue weighted by atomic mass is 16.6. The number of hydrogen-bond acceptors (Lipinski definition) is 5. The van der Waals surface area contributed by atoms with E-state index in [0.717, 1.165) is 0 Å². The van der Waals surface area contributed by atoms with E-state index in [1.54, 1.807) is 31.2 Å². The quantitative estimate of drug-likeness (QED) is 0.628. The Morgan fingerprint density at radius 2 is 2.00 bits per heavy atom. The molecular weight excluding hydrogens is 220 g/mol. The lowest BCUT2D eigenvalue weighted by molar-refractivity contribution is -0.384. The molecule has 0 bridgehead atoms. The van der Waals surface area contributed by atoms with Gasteiger partial charge in [0.05, 0.1) is 10.5 Å². The summed E-state index contributed by atoms with van der Waals surface area (Å²) >= 11 is 0. The maximum atomic E-state index is 10.9. The number of aryl methyl sites for hydroxylation is 1. The van der Waals surface area contributed by atoms with Gasteiger partial charge in [0.2, 0.25) is 0 Å². The highest BCUT2D eigenvalue weighted by Crippen LogP contribution is 2.27. The van der Waals surface area contributed by atoms with E-state index in [1.165, 1.54) is 6.07 Å². The van der Waals surface area contributed by atoms with Gasteiger partial charge in [0.25, 0.3) is 5.69 Å². The zero-order valence-electron chi connectivity index (χ0n) is 9.12. The molecule has 6 nitrogen and oxygen atoms in total. The second-order valence-corrected chi connectivity index (χ2v) is 3.53. The molecule has 0 amide bonds. The maximum absolute atomic E-state index is 10.9. The van der Waals surface area contributed by atoms with Gasteiger partial charge in [0.1, 0.15) is 5.82 Å². The molecule has 1 aromatic carbocycles. The molecule has 0 aliphatic carbocycles. The number of rotatable bonds is 2. The Morgan fingerprint density at radius 3 is 2.65 bits per heavy atom. The Hall–Kier alpha value is -2.50. The van der Waals surface area contributed by atoms with Crippen LogP contribution in [-0.4, -0.2) is 14.9 Å². The third-order valence-corrected chi connectivity index (χ3v) is 2.22. The second kappa shape index (κ2) is 4.17. The van der Waals surface area contributed by atoms with Gasteiger partial charge < -0.3 is 5.73 Å². The molecule has 0 unspecified atom stereocenters. The highest BCUT2D eigenvalue weighted by molar-refractivity contribution is 5.68. The van der Waals surface area contributed by atoms with Crippen LogP contribution in [0.5, 0.6) is 0 Å².